The van der Waals surface area contributed by atoms with Gasteiger partial charge in [-0.15, -0.1) is 0 Å². The third-order valence-electron chi connectivity index (χ3n) is 3.52. The number of likely N-dealkylation sites (N-methyl/N-ethyl adjacent to an activating group) is 1. The van der Waals surface area contributed by atoms with E-state index in [-0.39, 0.29) is 12.1 Å². The van der Waals surface area contributed by atoms with Gasteiger partial charge in [-0.3, -0.25) is 4.90 Å². The molecule has 0 bridgehead atoms. The first kappa shape index (κ1) is 13.4. The van der Waals surface area contributed by atoms with Crippen molar-refractivity contribution in [3.63, 3.8) is 0 Å². The number of hydrogen-bond acceptors (Lipinski definition) is 3. The molecule has 1 aliphatic heterocycles. The van der Waals surface area contributed by atoms with Crippen molar-refractivity contribution in [1.29, 1.82) is 5.26 Å². The average Bonchev–Trinajstić information content (AvgIpc) is 2.73. The maximum atomic E-state index is 12.3. The molecule has 1 atom stereocenters. The van der Waals surface area contributed by atoms with E-state index in [0.29, 0.717) is 17.8 Å². The highest BCUT2D eigenvalue weighted by Crippen LogP contribution is 2.26. The topological polar surface area (TPSA) is 59.4 Å². The van der Waals surface area contributed by atoms with E-state index in [4.69, 9.17) is 5.26 Å². The molecule has 0 radical (unpaired) electrons. The fraction of sp³-hybridized carbons (Fsp3) is 0.429. The van der Waals surface area contributed by atoms with Gasteiger partial charge in [0.1, 0.15) is 6.07 Å². The fourth-order valence-corrected chi connectivity index (χ4v) is 2.36. The third kappa shape index (κ3) is 2.54. The molecule has 1 N–H and O–H groups in total. The van der Waals surface area contributed by atoms with Crippen LogP contribution in [0.5, 0.6) is 0 Å². The molecule has 0 aliphatic carbocycles. The lowest BCUT2D eigenvalue weighted by molar-refractivity contribution is 0.217. The van der Waals surface area contributed by atoms with Gasteiger partial charge in [0.05, 0.1) is 17.3 Å². The number of rotatable bonds is 4. The van der Waals surface area contributed by atoms with Crippen molar-refractivity contribution in [3.8, 4) is 6.07 Å². The van der Waals surface area contributed by atoms with Gasteiger partial charge < -0.3 is 10.2 Å². The number of nitrogens with zero attached hydrogens (tertiary/aromatic N) is 3. The van der Waals surface area contributed by atoms with Crippen molar-refractivity contribution < 1.29 is 4.79 Å². The molecule has 1 fully saturated rings. The zero-order valence-corrected chi connectivity index (χ0v) is 11.3. The minimum atomic E-state index is -0.0381. The second-order valence-electron chi connectivity index (χ2n) is 4.68. The van der Waals surface area contributed by atoms with Gasteiger partial charge in [0.25, 0.3) is 0 Å². The number of nitrogens with one attached hydrogen (secondary N) is 1. The van der Waals surface area contributed by atoms with Crippen LogP contribution in [0.3, 0.4) is 0 Å². The summed E-state index contributed by atoms with van der Waals surface area (Å²) in [5, 5.41) is 12.2. The van der Waals surface area contributed by atoms with Gasteiger partial charge >= 0.3 is 6.03 Å². The summed E-state index contributed by atoms with van der Waals surface area (Å²) < 4.78 is 0. The van der Waals surface area contributed by atoms with Crippen LogP contribution in [0, 0.1) is 11.3 Å². The SMILES string of the molecule is CNCCC1CN(c2ccccc2C#N)C(=O)N1C. The molecule has 1 heterocycles. The Morgan fingerprint density at radius 3 is 2.89 bits per heavy atom. The molecule has 2 rings (SSSR count). The van der Waals surface area contributed by atoms with Gasteiger partial charge in [0.15, 0.2) is 0 Å². The Balaban J connectivity index is 2.22. The van der Waals surface area contributed by atoms with Crippen LogP contribution in [0.4, 0.5) is 10.5 Å². The standard InChI is InChI=1S/C14H18N4O/c1-16-8-7-12-10-18(14(19)17(12)2)13-6-4-3-5-11(13)9-15/h3-6,12,16H,7-8,10H2,1-2H3. The van der Waals surface area contributed by atoms with Crippen molar-refractivity contribution >= 4 is 11.7 Å². The van der Waals surface area contributed by atoms with Gasteiger partial charge in [-0.2, -0.15) is 5.26 Å². The molecule has 1 aromatic carbocycles. The van der Waals surface area contributed by atoms with Gasteiger partial charge in [-0.1, -0.05) is 12.1 Å². The van der Waals surface area contributed by atoms with E-state index in [0.717, 1.165) is 13.0 Å². The minimum absolute atomic E-state index is 0.0381. The Labute approximate surface area is 113 Å². The first-order valence-corrected chi connectivity index (χ1v) is 6.37. The second kappa shape index (κ2) is 5.72. The molecule has 5 heteroatoms. The molecule has 1 aliphatic rings. The Bertz CT molecular complexity index is 508. The summed E-state index contributed by atoms with van der Waals surface area (Å²) in [6, 6.07) is 9.52. The number of anilines is 1. The van der Waals surface area contributed by atoms with Gasteiger partial charge in [-0.05, 0) is 32.1 Å². The summed E-state index contributed by atoms with van der Waals surface area (Å²) in [6.45, 7) is 1.51. The third-order valence-corrected chi connectivity index (χ3v) is 3.52. The zero-order valence-electron chi connectivity index (χ0n) is 11.3. The first-order chi connectivity index (χ1) is 9.19. The normalized spacial score (nSPS) is 18.8. The molecule has 0 spiro atoms. The van der Waals surface area contributed by atoms with E-state index >= 15 is 0 Å². The zero-order chi connectivity index (χ0) is 13.8. The summed E-state index contributed by atoms with van der Waals surface area (Å²) in [6.07, 6.45) is 0.907. The molecule has 1 saturated heterocycles. The predicted molar refractivity (Wildman–Crippen MR) is 74.0 cm³/mol. The molecule has 19 heavy (non-hydrogen) atoms. The van der Waals surface area contributed by atoms with Crippen molar-refractivity contribution in [2.24, 2.45) is 0 Å². The van der Waals surface area contributed by atoms with Crippen molar-refractivity contribution in [2.45, 2.75) is 12.5 Å². The first-order valence-electron chi connectivity index (χ1n) is 6.37. The molecular weight excluding hydrogens is 240 g/mol. The van der Waals surface area contributed by atoms with E-state index in [1.165, 1.54) is 0 Å². The highest BCUT2D eigenvalue weighted by Gasteiger charge is 2.35. The Morgan fingerprint density at radius 1 is 1.47 bits per heavy atom. The molecule has 0 saturated carbocycles. The van der Waals surface area contributed by atoms with E-state index in [1.54, 1.807) is 15.9 Å². The molecule has 100 valence electrons. The van der Waals surface area contributed by atoms with Crippen molar-refractivity contribution in [2.75, 3.05) is 32.1 Å². The highest BCUT2D eigenvalue weighted by atomic mass is 16.2. The lowest BCUT2D eigenvalue weighted by atomic mass is 10.1. The molecule has 1 aromatic rings. The number of hydrogen-bond donors (Lipinski definition) is 1. The van der Waals surface area contributed by atoms with Gasteiger partial charge in [0.2, 0.25) is 0 Å². The van der Waals surface area contributed by atoms with Gasteiger partial charge in [-0.25, -0.2) is 4.79 Å². The average molecular weight is 258 g/mol. The number of urea groups is 1. The lowest BCUT2D eigenvalue weighted by Crippen LogP contribution is -2.32. The molecule has 2 amide bonds. The Morgan fingerprint density at radius 2 is 2.21 bits per heavy atom. The van der Waals surface area contributed by atoms with Crippen LogP contribution in [-0.2, 0) is 0 Å². The molecule has 0 aromatic heterocycles. The van der Waals surface area contributed by atoms with Crippen molar-refractivity contribution in [1.82, 2.24) is 10.2 Å². The molecule has 1 unspecified atom stereocenters. The molecule has 5 nitrogen and oxygen atoms in total. The Kier molecular flexibility index (Phi) is 4.03. The monoisotopic (exact) mass is 258 g/mol. The largest absolute Gasteiger partial charge is 0.324 e. The lowest BCUT2D eigenvalue weighted by Gasteiger charge is -2.17. The Hall–Kier alpha value is -2.06. The van der Waals surface area contributed by atoms with E-state index in [1.807, 2.05) is 32.3 Å². The predicted octanol–water partition coefficient (Wildman–Crippen LogP) is 1.41. The highest BCUT2D eigenvalue weighted by molar-refractivity contribution is 5.95. The van der Waals surface area contributed by atoms with E-state index < -0.39 is 0 Å². The number of amides is 2. The maximum Gasteiger partial charge on any atom is 0.324 e. The van der Waals surface area contributed by atoms with Crippen LogP contribution in [0.1, 0.15) is 12.0 Å². The molecular formula is C14H18N4O. The van der Waals surface area contributed by atoms with E-state index in [9.17, 15) is 4.79 Å². The van der Waals surface area contributed by atoms with Crippen LogP contribution in [0.2, 0.25) is 0 Å². The number of carbonyl (C=O) groups is 1. The summed E-state index contributed by atoms with van der Waals surface area (Å²) in [7, 11) is 3.72. The van der Waals surface area contributed by atoms with Crippen LogP contribution >= 0.6 is 0 Å². The number of nitriles is 1. The second-order valence-corrected chi connectivity index (χ2v) is 4.68. The fourth-order valence-electron chi connectivity index (χ4n) is 2.36. The maximum absolute atomic E-state index is 12.3. The smallest absolute Gasteiger partial charge is 0.323 e. The van der Waals surface area contributed by atoms with Gasteiger partial charge in [0, 0.05) is 13.6 Å². The number of benzene rings is 1. The van der Waals surface area contributed by atoms with Crippen LogP contribution in [-0.4, -0.2) is 44.2 Å². The quantitative estimate of drug-likeness (QED) is 0.888. The van der Waals surface area contributed by atoms with Crippen molar-refractivity contribution in [3.05, 3.63) is 29.8 Å². The van der Waals surface area contributed by atoms with E-state index in [2.05, 4.69) is 11.4 Å². The summed E-state index contributed by atoms with van der Waals surface area (Å²) in [5.74, 6) is 0. The van der Waals surface area contributed by atoms with Crippen LogP contribution in [0.15, 0.2) is 24.3 Å². The number of para-hydroxylation sites is 1. The van der Waals surface area contributed by atoms with Crippen LogP contribution < -0.4 is 10.2 Å². The van der Waals surface area contributed by atoms with Crippen LogP contribution in [0.25, 0.3) is 0 Å². The number of carbonyl (C=O) groups excluding carboxylic acids is 1. The minimum Gasteiger partial charge on any atom is -0.323 e. The summed E-state index contributed by atoms with van der Waals surface area (Å²) >= 11 is 0. The summed E-state index contributed by atoms with van der Waals surface area (Å²) in [4.78, 5) is 15.7. The summed E-state index contributed by atoms with van der Waals surface area (Å²) in [5.41, 5.74) is 1.24.